The molecule has 0 bridgehead atoms. The summed E-state index contributed by atoms with van der Waals surface area (Å²) in [5.74, 6) is -1.40. The van der Waals surface area contributed by atoms with Crippen LogP contribution in [-0.2, 0) is 10.0 Å². The quantitative estimate of drug-likeness (QED) is 0.648. The van der Waals surface area contributed by atoms with Crippen LogP contribution in [0.5, 0.6) is 0 Å². The smallest absolute Gasteiger partial charge is 0.340 e. The number of carbonyl (C=O) groups is 1. The van der Waals surface area contributed by atoms with Crippen LogP contribution < -0.4 is 4.72 Å². The van der Waals surface area contributed by atoms with E-state index in [0.717, 1.165) is 9.77 Å². The minimum Gasteiger partial charge on any atom is -0.478 e. The summed E-state index contributed by atoms with van der Waals surface area (Å²) in [7, 11) is -4.12. The molecule has 20 heavy (non-hydrogen) atoms. The molecule has 0 amide bonds. The minimum absolute atomic E-state index is 0.151. The van der Waals surface area contributed by atoms with E-state index in [1.807, 2.05) is 22.6 Å². The second kappa shape index (κ2) is 5.58. The lowest BCUT2D eigenvalue weighted by molar-refractivity contribution is 0.0692. The van der Waals surface area contributed by atoms with E-state index in [1.165, 1.54) is 6.07 Å². The van der Waals surface area contributed by atoms with Gasteiger partial charge >= 0.3 is 5.97 Å². The van der Waals surface area contributed by atoms with Gasteiger partial charge < -0.3 is 5.11 Å². The molecular weight excluding hydrogens is 421 g/mol. The second-order valence-corrected chi connectivity index (χ2v) is 6.92. The Morgan fingerprint density at radius 2 is 2.15 bits per heavy atom. The van der Waals surface area contributed by atoms with Gasteiger partial charge in [0.05, 0.1) is 16.9 Å². The molecule has 0 fully saturated rings. The van der Waals surface area contributed by atoms with Gasteiger partial charge in [-0.05, 0) is 40.8 Å². The Bertz CT molecular complexity index is 775. The molecule has 0 unspecified atom stereocenters. The van der Waals surface area contributed by atoms with Gasteiger partial charge in [0.15, 0.2) is 5.03 Å². The first kappa shape index (κ1) is 15.1. The van der Waals surface area contributed by atoms with Gasteiger partial charge in [0.1, 0.15) is 5.56 Å². The SMILES string of the molecule is O=C(O)c1cn[nH]c1S(=O)(=O)Nc1ccc(I)cc1Cl. The highest BCUT2D eigenvalue weighted by atomic mass is 127. The van der Waals surface area contributed by atoms with E-state index in [2.05, 4.69) is 14.9 Å². The van der Waals surface area contributed by atoms with Crippen molar-refractivity contribution in [2.45, 2.75) is 5.03 Å². The van der Waals surface area contributed by atoms with Gasteiger partial charge in [-0.25, -0.2) is 4.79 Å². The molecule has 0 saturated carbocycles. The number of carboxylic acids is 1. The first-order valence-electron chi connectivity index (χ1n) is 5.06. The number of aromatic nitrogens is 2. The maximum Gasteiger partial charge on any atom is 0.340 e. The topological polar surface area (TPSA) is 112 Å². The first-order valence-corrected chi connectivity index (χ1v) is 8.00. The van der Waals surface area contributed by atoms with Crippen molar-refractivity contribution < 1.29 is 18.3 Å². The normalized spacial score (nSPS) is 11.3. The number of anilines is 1. The lowest BCUT2D eigenvalue weighted by atomic mass is 10.3. The van der Waals surface area contributed by atoms with Crippen molar-refractivity contribution >= 4 is 55.9 Å². The molecule has 1 aromatic heterocycles. The highest BCUT2D eigenvalue weighted by Crippen LogP contribution is 2.26. The van der Waals surface area contributed by atoms with Crippen LogP contribution in [0.15, 0.2) is 29.4 Å². The molecule has 0 saturated heterocycles. The Kier molecular flexibility index (Phi) is 4.20. The van der Waals surface area contributed by atoms with Crippen molar-refractivity contribution in [2.24, 2.45) is 0 Å². The van der Waals surface area contributed by atoms with Crippen molar-refractivity contribution in [1.29, 1.82) is 0 Å². The molecule has 0 spiro atoms. The Morgan fingerprint density at radius 3 is 2.75 bits per heavy atom. The van der Waals surface area contributed by atoms with E-state index in [1.54, 1.807) is 12.1 Å². The Hall–Kier alpha value is -1.33. The number of hydrogen-bond donors (Lipinski definition) is 3. The van der Waals surface area contributed by atoms with Crippen molar-refractivity contribution in [1.82, 2.24) is 10.2 Å². The summed E-state index contributed by atoms with van der Waals surface area (Å²) in [6, 6.07) is 4.72. The summed E-state index contributed by atoms with van der Waals surface area (Å²) in [6.45, 7) is 0. The number of rotatable bonds is 4. The van der Waals surface area contributed by atoms with Crippen LogP contribution in [-0.4, -0.2) is 29.7 Å². The molecule has 2 rings (SSSR count). The predicted molar refractivity (Wildman–Crippen MR) is 80.5 cm³/mol. The number of nitrogens with zero attached hydrogens (tertiary/aromatic N) is 1. The van der Waals surface area contributed by atoms with Crippen molar-refractivity contribution in [3.8, 4) is 0 Å². The lowest BCUT2D eigenvalue weighted by Gasteiger charge is -2.09. The summed E-state index contributed by atoms with van der Waals surface area (Å²) >= 11 is 7.95. The van der Waals surface area contributed by atoms with E-state index in [4.69, 9.17) is 16.7 Å². The van der Waals surface area contributed by atoms with Crippen LogP contribution in [0.2, 0.25) is 5.02 Å². The number of carboxylic acid groups (broad SMARTS) is 1. The fraction of sp³-hybridized carbons (Fsp3) is 0. The van der Waals surface area contributed by atoms with Gasteiger partial charge in [-0.1, -0.05) is 11.6 Å². The molecule has 7 nitrogen and oxygen atoms in total. The maximum atomic E-state index is 12.1. The summed E-state index contributed by atoms with van der Waals surface area (Å²) in [6.07, 6.45) is 0.923. The van der Waals surface area contributed by atoms with Crippen LogP contribution in [0.25, 0.3) is 0 Å². The molecule has 0 atom stereocenters. The Labute approximate surface area is 132 Å². The first-order chi connectivity index (χ1) is 9.31. The molecule has 1 heterocycles. The number of benzene rings is 1. The lowest BCUT2D eigenvalue weighted by Crippen LogP contribution is -2.17. The van der Waals surface area contributed by atoms with Crippen LogP contribution in [0.1, 0.15) is 10.4 Å². The minimum atomic E-state index is -4.12. The summed E-state index contributed by atoms with van der Waals surface area (Å²) in [4.78, 5) is 10.9. The average molecular weight is 428 g/mol. The average Bonchev–Trinajstić information content (AvgIpc) is 2.82. The van der Waals surface area contributed by atoms with E-state index in [9.17, 15) is 13.2 Å². The molecule has 0 aliphatic heterocycles. The monoisotopic (exact) mass is 427 g/mol. The van der Waals surface area contributed by atoms with E-state index in [0.29, 0.717) is 0 Å². The van der Waals surface area contributed by atoms with Gasteiger partial charge in [-0.3, -0.25) is 9.82 Å². The van der Waals surface area contributed by atoms with Gasteiger partial charge in [-0.2, -0.15) is 13.5 Å². The third-order valence-corrected chi connectivity index (χ3v) is 4.60. The Balaban J connectivity index is 2.41. The summed E-state index contributed by atoms with van der Waals surface area (Å²) < 4.78 is 27.3. The Morgan fingerprint density at radius 1 is 1.45 bits per heavy atom. The number of halogens is 2. The van der Waals surface area contributed by atoms with E-state index >= 15 is 0 Å². The second-order valence-electron chi connectivity index (χ2n) is 3.65. The standard InChI is InChI=1S/C10H7ClIN3O4S/c11-7-3-5(12)1-2-8(7)15-20(18,19)9-6(10(16)17)4-13-14-9/h1-4,15H,(H,13,14)(H,16,17). The highest BCUT2D eigenvalue weighted by molar-refractivity contribution is 14.1. The predicted octanol–water partition coefficient (Wildman–Crippen LogP) is 2.17. The molecule has 106 valence electrons. The zero-order chi connectivity index (χ0) is 14.9. The zero-order valence-corrected chi connectivity index (χ0v) is 13.3. The number of aromatic amines is 1. The van der Waals surface area contributed by atoms with E-state index < -0.39 is 26.6 Å². The maximum absolute atomic E-state index is 12.1. The molecule has 10 heteroatoms. The molecule has 1 aromatic carbocycles. The summed E-state index contributed by atoms with van der Waals surface area (Å²) in [5, 5.41) is 14.2. The van der Waals surface area contributed by atoms with Crippen LogP contribution in [0.4, 0.5) is 5.69 Å². The fourth-order valence-corrected chi connectivity index (χ4v) is 3.53. The van der Waals surface area contributed by atoms with Crippen molar-refractivity contribution in [2.75, 3.05) is 4.72 Å². The fourth-order valence-electron chi connectivity index (χ4n) is 1.40. The number of hydrogen-bond acceptors (Lipinski definition) is 4. The highest BCUT2D eigenvalue weighted by Gasteiger charge is 2.25. The molecule has 0 aliphatic rings. The zero-order valence-electron chi connectivity index (χ0n) is 9.59. The van der Waals surface area contributed by atoms with Gasteiger partial charge in [0.2, 0.25) is 0 Å². The molecule has 0 radical (unpaired) electrons. The summed E-state index contributed by atoms with van der Waals surface area (Å²) in [5.41, 5.74) is -0.294. The van der Waals surface area contributed by atoms with Gasteiger partial charge in [-0.15, -0.1) is 0 Å². The van der Waals surface area contributed by atoms with Crippen molar-refractivity contribution in [3.63, 3.8) is 0 Å². The third-order valence-electron chi connectivity index (χ3n) is 2.28. The van der Waals surface area contributed by atoms with Crippen LogP contribution in [0.3, 0.4) is 0 Å². The molecule has 0 aliphatic carbocycles. The van der Waals surface area contributed by atoms with Crippen molar-refractivity contribution in [3.05, 3.63) is 38.6 Å². The number of aromatic carboxylic acids is 1. The van der Waals surface area contributed by atoms with E-state index in [-0.39, 0.29) is 10.7 Å². The number of sulfonamides is 1. The molecular formula is C10H7ClIN3O4S. The van der Waals surface area contributed by atoms with Gasteiger partial charge in [0, 0.05) is 3.57 Å². The molecule has 2 aromatic rings. The van der Waals surface area contributed by atoms with Crippen LogP contribution in [0, 0.1) is 3.57 Å². The van der Waals surface area contributed by atoms with Gasteiger partial charge in [0.25, 0.3) is 10.0 Å². The largest absolute Gasteiger partial charge is 0.478 e. The number of H-pyrrole nitrogens is 1. The third kappa shape index (κ3) is 3.04. The molecule has 3 N–H and O–H groups in total. The number of nitrogens with one attached hydrogen (secondary N) is 2. The van der Waals surface area contributed by atoms with Crippen LogP contribution >= 0.6 is 34.2 Å².